The fraction of sp³-hybridized carbons (Fsp3) is 0.350. The van der Waals surface area contributed by atoms with Crippen molar-refractivity contribution in [2.24, 2.45) is 0 Å². The van der Waals surface area contributed by atoms with E-state index in [2.05, 4.69) is 45.5 Å². The van der Waals surface area contributed by atoms with Crippen LogP contribution in [0.3, 0.4) is 0 Å². The summed E-state index contributed by atoms with van der Waals surface area (Å²) in [4.78, 5) is 13.0. The van der Waals surface area contributed by atoms with E-state index in [-0.39, 0.29) is 17.4 Å². The molecular weight excluding hydrogens is 364 g/mol. The highest BCUT2D eigenvalue weighted by Crippen LogP contribution is 2.49. The smallest absolute Gasteiger partial charge is 0.231 e. The van der Waals surface area contributed by atoms with Crippen LogP contribution in [0.15, 0.2) is 46.9 Å². The van der Waals surface area contributed by atoms with E-state index in [1.54, 1.807) is 0 Å². The third-order valence-corrected chi connectivity index (χ3v) is 5.90. The molecule has 3 N–H and O–H groups in total. The fourth-order valence-electron chi connectivity index (χ4n) is 3.82. The summed E-state index contributed by atoms with van der Waals surface area (Å²) in [6.45, 7) is 0. The van der Waals surface area contributed by atoms with Gasteiger partial charge in [0.2, 0.25) is 5.91 Å². The minimum atomic E-state index is -0.327. The van der Waals surface area contributed by atoms with Crippen molar-refractivity contribution >= 4 is 27.5 Å². The van der Waals surface area contributed by atoms with E-state index in [4.69, 9.17) is 5.73 Å². The molecule has 1 unspecified atom stereocenters. The summed E-state index contributed by atoms with van der Waals surface area (Å²) >= 11 is 3.46. The summed E-state index contributed by atoms with van der Waals surface area (Å²) in [6, 6.07) is 14.3. The largest absolute Gasteiger partial charge is 0.399 e. The number of nitrogen functional groups attached to an aromatic ring is 1. The molecule has 0 aromatic heterocycles. The third kappa shape index (κ3) is 2.73. The Bertz CT molecular complexity index is 781. The van der Waals surface area contributed by atoms with Gasteiger partial charge in [0.25, 0.3) is 0 Å². The Morgan fingerprint density at radius 1 is 1.17 bits per heavy atom. The van der Waals surface area contributed by atoms with Crippen LogP contribution >= 0.6 is 15.9 Å². The van der Waals surface area contributed by atoms with Crippen LogP contribution in [0.2, 0.25) is 0 Å². The van der Waals surface area contributed by atoms with Crippen molar-refractivity contribution in [3.8, 4) is 0 Å². The van der Waals surface area contributed by atoms with Crippen molar-refractivity contribution in [2.45, 2.75) is 43.6 Å². The van der Waals surface area contributed by atoms with Gasteiger partial charge in [-0.25, -0.2) is 0 Å². The van der Waals surface area contributed by atoms with Gasteiger partial charge in [-0.3, -0.25) is 4.79 Å². The summed E-state index contributed by atoms with van der Waals surface area (Å²) in [6.07, 6.45) is 5.00. The molecule has 4 rings (SSSR count). The van der Waals surface area contributed by atoms with Crippen molar-refractivity contribution in [1.82, 2.24) is 5.32 Å². The second-order valence-corrected chi connectivity index (χ2v) is 7.88. The van der Waals surface area contributed by atoms with Gasteiger partial charge in [0, 0.05) is 10.2 Å². The lowest BCUT2D eigenvalue weighted by molar-refractivity contribution is -0.124. The monoisotopic (exact) mass is 384 g/mol. The number of amides is 1. The Labute approximate surface area is 150 Å². The molecule has 0 bridgehead atoms. The number of anilines is 1. The molecule has 0 spiro atoms. The van der Waals surface area contributed by atoms with Crippen LogP contribution in [0.5, 0.6) is 0 Å². The van der Waals surface area contributed by atoms with Crippen LogP contribution in [-0.4, -0.2) is 5.91 Å². The summed E-state index contributed by atoms with van der Waals surface area (Å²) < 4.78 is 1.04. The molecule has 24 heavy (non-hydrogen) atoms. The fourth-order valence-corrected chi connectivity index (χ4v) is 4.09. The first-order valence-corrected chi connectivity index (χ1v) is 9.33. The molecule has 1 amide bonds. The van der Waals surface area contributed by atoms with Crippen molar-refractivity contribution in [1.29, 1.82) is 0 Å². The third-order valence-electron chi connectivity index (χ3n) is 5.37. The van der Waals surface area contributed by atoms with Crippen LogP contribution in [0.1, 0.15) is 48.4 Å². The Morgan fingerprint density at radius 2 is 1.92 bits per heavy atom. The maximum absolute atomic E-state index is 13.0. The average Bonchev–Trinajstić information content (AvgIpc) is 3.37. The van der Waals surface area contributed by atoms with Crippen molar-refractivity contribution in [3.05, 3.63) is 63.6 Å². The minimum Gasteiger partial charge on any atom is -0.399 e. The van der Waals surface area contributed by atoms with Crippen molar-refractivity contribution < 1.29 is 4.79 Å². The molecule has 2 aromatic carbocycles. The Balaban J connectivity index is 1.56. The van der Waals surface area contributed by atoms with Crippen LogP contribution in [-0.2, 0) is 16.6 Å². The quantitative estimate of drug-likeness (QED) is 0.776. The molecule has 0 aliphatic heterocycles. The Hall–Kier alpha value is -1.81. The number of benzene rings is 2. The number of hydrogen-bond donors (Lipinski definition) is 2. The van der Waals surface area contributed by atoms with E-state index < -0.39 is 0 Å². The number of aryl methyl sites for hydroxylation is 1. The zero-order valence-electron chi connectivity index (χ0n) is 13.5. The molecule has 1 atom stereocenters. The molecule has 0 saturated heterocycles. The van der Waals surface area contributed by atoms with Crippen LogP contribution in [0, 0.1) is 0 Å². The predicted molar refractivity (Wildman–Crippen MR) is 99.7 cm³/mol. The molecule has 124 valence electrons. The number of rotatable bonds is 3. The van der Waals surface area contributed by atoms with Gasteiger partial charge in [-0.15, -0.1) is 0 Å². The lowest BCUT2D eigenvalue weighted by Gasteiger charge is -2.28. The average molecular weight is 385 g/mol. The highest BCUT2D eigenvalue weighted by atomic mass is 79.9. The summed E-state index contributed by atoms with van der Waals surface area (Å²) in [5.41, 5.74) is 10.0. The van der Waals surface area contributed by atoms with Crippen LogP contribution < -0.4 is 11.1 Å². The molecule has 4 heteroatoms. The lowest BCUT2D eigenvalue weighted by Crippen LogP contribution is -2.38. The SMILES string of the molecule is Nc1ccc2c(c1)CCCC2NC(=O)C1(c2ccc(Br)cc2)CC1. The number of hydrogen-bond acceptors (Lipinski definition) is 2. The van der Waals surface area contributed by atoms with E-state index >= 15 is 0 Å². The first-order chi connectivity index (χ1) is 11.6. The number of nitrogens with one attached hydrogen (secondary N) is 1. The molecule has 1 saturated carbocycles. The van der Waals surface area contributed by atoms with E-state index in [9.17, 15) is 4.79 Å². The second-order valence-electron chi connectivity index (χ2n) is 6.97. The Kier molecular flexibility index (Phi) is 3.87. The number of nitrogens with two attached hydrogens (primary N) is 1. The van der Waals surface area contributed by atoms with E-state index in [1.807, 2.05) is 18.2 Å². The van der Waals surface area contributed by atoms with Crippen molar-refractivity contribution in [3.63, 3.8) is 0 Å². The summed E-state index contributed by atoms with van der Waals surface area (Å²) in [5, 5.41) is 3.32. The molecular formula is C20H21BrN2O. The highest BCUT2D eigenvalue weighted by Gasteiger charge is 2.51. The molecule has 3 nitrogen and oxygen atoms in total. The van der Waals surface area contributed by atoms with E-state index in [1.165, 1.54) is 11.1 Å². The molecule has 2 aliphatic carbocycles. The maximum atomic E-state index is 13.0. The zero-order chi connectivity index (χ0) is 16.7. The highest BCUT2D eigenvalue weighted by molar-refractivity contribution is 9.10. The number of fused-ring (bicyclic) bond motifs is 1. The Morgan fingerprint density at radius 3 is 2.62 bits per heavy atom. The van der Waals surface area contributed by atoms with Gasteiger partial charge in [0.1, 0.15) is 0 Å². The zero-order valence-corrected chi connectivity index (χ0v) is 15.1. The topological polar surface area (TPSA) is 55.1 Å². The molecule has 0 radical (unpaired) electrons. The first-order valence-electron chi connectivity index (χ1n) is 8.54. The van der Waals surface area contributed by atoms with Gasteiger partial charge in [-0.2, -0.15) is 0 Å². The van der Waals surface area contributed by atoms with Crippen LogP contribution in [0.25, 0.3) is 0 Å². The molecule has 2 aliphatic rings. The number of carbonyl (C=O) groups excluding carboxylic acids is 1. The van der Waals surface area contributed by atoms with Gasteiger partial charge in [-0.1, -0.05) is 34.1 Å². The number of halogens is 1. The number of carbonyl (C=O) groups is 1. The maximum Gasteiger partial charge on any atom is 0.231 e. The van der Waals surface area contributed by atoms with Crippen LogP contribution in [0.4, 0.5) is 5.69 Å². The second kappa shape index (κ2) is 5.92. The standard InChI is InChI=1S/C20H21BrN2O/c21-15-6-4-14(5-7-15)20(10-11-20)19(24)23-18-3-1-2-13-12-16(22)8-9-17(13)18/h4-9,12,18H,1-3,10-11,22H2,(H,23,24). The summed E-state index contributed by atoms with van der Waals surface area (Å²) in [5.74, 6) is 0.166. The predicted octanol–water partition coefficient (Wildman–Crippen LogP) is 4.26. The first kappa shape index (κ1) is 15.7. The van der Waals surface area contributed by atoms with Gasteiger partial charge in [-0.05, 0) is 73.1 Å². The van der Waals surface area contributed by atoms with E-state index in [0.29, 0.717) is 0 Å². The minimum absolute atomic E-state index is 0.106. The molecule has 2 aromatic rings. The van der Waals surface area contributed by atoms with Crippen molar-refractivity contribution in [2.75, 3.05) is 5.73 Å². The molecule has 0 heterocycles. The van der Waals surface area contributed by atoms with E-state index in [0.717, 1.165) is 47.8 Å². The summed E-state index contributed by atoms with van der Waals surface area (Å²) in [7, 11) is 0. The van der Waals surface area contributed by atoms with Gasteiger partial charge in [0.05, 0.1) is 11.5 Å². The van der Waals surface area contributed by atoms with Gasteiger partial charge in [0.15, 0.2) is 0 Å². The van der Waals surface area contributed by atoms with Gasteiger partial charge >= 0.3 is 0 Å². The molecule has 1 fully saturated rings. The lowest BCUT2D eigenvalue weighted by atomic mass is 9.86. The normalized spacial score (nSPS) is 21.0. The van der Waals surface area contributed by atoms with Gasteiger partial charge < -0.3 is 11.1 Å².